The van der Waals surface area contributed by atoms with Gasteiger partial charge >= 0.3 is 0 Å². The van der Waals surface area contributed by atoms with Crippen molar-refractivity contribution in [2.24, 2.45) is 0 Å². The van der Waals surface area contributed by atoms with Crippen LogP contribution in [-0.4, -0.2) is 16.2 Å². The van der Waals surface area contributed by atoms with E-state index in [2.05, 4.69) is 12.1 Å². The van der Waals surface area contributed by atoms with Crippen molar-refractivity contribution in [3.05, 3.63) is 29.1 Å². The molecule has 2 nitrogen and oxygen atoms in total. The molecule has 0 radical (unpaired) electrons. The normalized spacial score (nSPS) is 16.9. The highest BCUT2D eigenvalue weighted by atomic mass is 16.3. The largest absolute Gasteiger partial charge is 0.393 e. The van der Waals surface area contributed by atoms with Crippen LogP contribution in [0.1, 0.15) is 49.6 Å². The fourth-order valence-electron chi connectivity index (χ4n) is 2.35. The lowest BCUT2D eigenvalue weighted by atomic mass is 9.95. The Labute approximate surface area is 97.7 Å². The highest BCUT2D eigenvalue weighted by Crippen LogP contribution is 2.20. The van der Waals surface area contributed by atoms with Crippen molar-refractivity contribution in [3.8, 4) is 0 Å². The Bertz CT molecular complexity index is 347. The first-order valence-corrected chi connectivity index (χ1v) is 6.41. The van der Waals surface area contributed by atoms with E-state index < -0.39 is 0 Å². The molecule has 0 saturated heterocycles. The Kier molecular flexibility index (Phi) is 3.94. The summed E-state index contributed by atoms with van der Waals surface area (Å²) in [5, 5.41) is 9.20. The van der Waals surface area contributed by atoms with Crippen LogP contribution in [0, 0.1) is 0 Å². The maximum atomic E-state index is 9.20. The summed E-state index contributed by atoms with van der Waals surface area (Å²) in [6.07, 6.45) is 7.68. The predicted molar refractivity (Wildman–Crippen MR) is 65.5 cm³/mol. The van der Waals surface area contributed by atoms with Crippen LogP contribution < -0.4 is 0 Å². The minimum absolute atomic E-state index is 0.183. The van der Waals surface area contributed by atoms with Gasteiger partial charge in [-0.25, -0.2) is 0 Å². The molecule has 1 aromatic heterocycles. The van der Waals surface area contributed by atoms with Gasteiger partial charge in [0.2, 0.25) is 0 Å². The van der Waals surface area contributed by atoms with Crippen molar-refractivity contribution < 1.29 is 5.11 Å². The van der Waals surface area contributed by atoms with Crippen molar-refractivity contribution in [3.63, 3.8) is 0 Å². The number of nitrogens with zero attached hydrogens (tertiary/aromatic N) is 1. The smallest absolute Gasteiger partial charge is 0.0512 e. The summed E-state index contributed by atoms with van der Waals surface area (Å²) >= 11 is 0. The minimum Gasteiger partial charge on any atom is -0.393 e. The number of rotatable bonds is 4. The highest BCUT2D eigenvalue weighted by Gasteiger charge is 2.10. The Balaban J connectivity index is 1.95. The van der Waals surface area contributed by atoms with Crippen molar-refractivity contribution in [1.29, 1.82) is 0 Å². The summed E-state index contributed by atoms with van der Waals surface area (Å²) in [6, 6.07) is 4.41. The number of aromatic nitrogens is 1. The monoisotopic (exact) mass is 219 g/mol. The standard InChI is InChI=1S/C14H21NO/c1-11(16)5-4-7-13-10-9-12-6-2-3-8-14(12)15-13/h9-11,16H,2-8H2,1H3. The van der Waals surface area contributed by atoms with E-state index in [-0.39, 0.29) is 6.10 Å². The van der Waals surface area contributed by atoms with Crippen LogP contribution in [0.2, 0.25) is 0 Å². The average molecular weight is 219 g/mol. The van der Waals surface area contributed by atoms with Gasteiger partial charge in [-0.1, -0.05) is 6.07 Å². The Morgan fingerprint density at radius 1 is 1.31 bits per heavy atom. The van der Waals surface area contributed by atoms with E-state index in [0.29, 0.717) is 0 Å². The molecule has 0 fully saturated rings. The molecule has 0 aliphatic heterocycles. The fourth-order valence-corrected chi connectivity index (χ4v) is 2.35. The molecule has 1 heterocycles. The predicted octanol–water partition coefficient (Wildman–Crippen LogP) is 2.66. The van der Waals surface area contributed by atoms with E-state index in [9.17, 15) is 5.11 Å². The quantitative estimate of drug-likeness (QED) is 0.844. The molecule has 1 aromatic rings. The van der Waals surface area contributed by atoms with Gasteiger partial charge < -0.3 is 5.11 Å². The van der Waals surface area contributed by atoms with Gasteiger partial charge in [0.15, 0.2) is 0 Å². The zero-order valence-corrected chi connectivity index (χ0v) is 10.1. The van der Waals surface area contributed by atoms with Crippen molar-refractivity contribution in [2.45, 2.75) is 58.0 Å². The summed E-state index contributed by atoms with van der Waals surface area (Å²) in [5.74, 6) is 0. The molecule has 1 aliphatic rings. The van der Waals surface area contributed by atoms with Gasteiger partial charge in [0, 0.05) is 11.4 Å². The van der Waals surface area contributed by atoms with Gasteiger partial charge in [-0.15, -0.1) is 0 Å². The van der Waals surface area contributed by atoms with Gasteiger partial charge in [0.25, 0.3) is 0 Å². The number of aryl methyl sites for hydroxylation is 3. The molecule has 0 bridgehead atoms. The highest BCUT2D eigenvalue weighted by molar-refractivity contribution is 5.25. The van der Waals surface area contributed by atoms with Gasteiger partial charge in [-0.3, -0.25) is 4.98 Å². The third-order valence-electron chi connectivity index (χ3n) is 3.29. The molecule has 1 unspecified atom stereocenters. The van der Waals surface area contributed by atoms with Crippen LogP contribution in [-0.2, 0) is 19.3 Å². The molecule has 2 heteroatoms. The third kappa shape index (κ3) is 3.05. The summed E-state index contributed by atoms with van der Waals surface area (Å²) in [6.45, 7) is 1.85. The Hall–Kier alpha value is -0.890. The van der Waals surface area contributed by atoms with Crippen LogP contribution >= 0.6 is 0 Å². The maximum Gasteiger partial charge on any atom is 0.0512 e. The number of hydrogen-bond donors (Lipinski definition) is 1. The SMILES string of the molecule is CC(O)CCCc1ccc2c(n1)CCCC2. The Morgan fingerprint density at radius 3 is 2.94 bits per heavy atom. The van der Waals surface area contributed by atoms with Gasteiger partial charge in [0.05, 0.1) is 6.10 Å². The first kappa shape index (κ1) is 11.6. The summed E-state index contributed by atoms with van der Waals surface area (Å²) < 4.78 is 0. The lowest BCUT2D eigenvalue weighted by molar-refractivity contribution is 0.181. The van der Waals surface area contributed by atoms with Crippen LogP contribution in [0.4, 0.5) is 0 Å². The zero-order chi connectivity index (χ0) is 11.4. The summed E-state index contributed by atoms with van der Waals surface area (Å²) in [4.78, 5) is 4.73. The van der Waals surface area contributed by atoms with E-state index in [4.69, 9.17) is 4.98 Å². The average Bonchev–Trinajstić information content (AvgIpc) is 2.28. The summed E-state index contributed by atoms with van der Waals surface area (Å²) in [5.41, 5.74) is 3.97. The van der Waals surface area contributed by atoms with Crippen molar-refractivity contribution in [1.82, 2.24) is 4.98 Å². The van der Waals surface area contributed by atoms with Crippen LogP contribution in [0.3, 0.4) is 0 Å². The second-order valence-corrected chi connectivity index (χ2v) is 4.86. The molecular formula is C14H21NO. The van der Waals surface area contributed by atoms with Crippen LogP contribution in [0.5, 0.6) is 0 Å². The number of aliphatic hydroxyl groups excluding tert-OH is 1. The lowest BCUT2D eigenvalue weighted by Crippen LogP contribution is -2.07. The second-order valence-electron chi connectivity index (χ2n) is 4.86. The van der Waals surface area contributed by atoms with E-state index in [1.54, 1.807) is 0 Å². The third-order valence-corrected chi connectivity index (χ3v) is 3.29. The maximum absolute atomic E-state index is 9.20. The molecule has 0 saturated carbocycles. The molecule has 16 heavy (non-hydrogen) atoms. The Morgan fingerprint density at radius 2 is 2.12 bits per heavy atom. The van der Waals surface area contributed by atoms with E-state index in [1.165, 1.54) is 36.2 Å². The molecule has 2 rings (SSSR count). The first-order valence-electron chi connectivity index (χ1n) is 6.41. The molecule has 0 amide bonds. The van der Waals surface area contributed by atoms with E-state index >= 15 is 0 Å². The number of aliphatic hydroxyl groups is 1. The topological polar surface area (TPSA) is 33.1 Å². The lowest BCUT2D eigenvalue weighted by Gasteiger charge is -2.15. The van der Waals surface area contributed by atoms with Crippen LogP contribution in [0.25, 0.3) is 0 Å². The minimum atomic E-state index is -0.183. The summed E-state index contributed by atoms with van der Waals surface area (Å²) in [7, 11) is 0. The molecule has 0 spiro atoms. The molecule has 1 atom stereocenters. The van der Waals surface area contributed by atoms with E-state index in [1.807, 2.05) is 6.92 Å². The molecule has 0 aromatic carbocycles. The fraction of sp³-hybridized carbons (Fsp3) is 0.643. The number of fused-ring (bicyclic) bond motifs is 1. The molecule has 88 valence electrons. The molecular weight excluding hydrogens is 198 g/mol. The van der Waals surface area contributed by atoms with E-state index in [0.717, 1.165) is 25.7 Å². The molecule has 1 N–H and O–H groups in total. The van der Waals surface area contributed by atoms with Crippen molar-refractivity contribution >= 4 is 0 Å². The molecule has 1 aliphatic carbocycles. The van der Waals surface area contributed by atoms with Crippen LogP contribution in [0.15, 0.2) is 12.1 Å². The number of hydrogen-bond acceptors (Lipinski definition) is 2. The number of pyridine rings is 1. The van der Waals surface area contributed by atoms with Gasteiger partial charge in [0.1, 0.15) is 0 Å². The van der Waals surface area contributed by atoms with Gasteiger partial charge in [-0.05, 0) is 63.5 Å². The second kappa shape index (κ2) is 5.44. The first-order chi connectivity index (χ1) is 7.75. The zero-order valence-electron chi connectivity index (χ0n) is 10.1. The van der Waals surface area contributed by atoms with Gasteiger partial charge in [-0.2, -0.15) is 0 Å². The van der Waals surface area contributed by atoms with Crippen molar-refractivity contribution in [2.75, 3.05) is 0 Å².